The summed E-state index contributed by atoms with van der Waals surface area (Å²) in [6.45, 7) is 5.77. The summed E-state index contributed by atoms with van der Waals surface area (Å²) < 4.78 is 31.5. The van der Waals surface area contributed by atoms with Crippen LogP contribution in [0, 0.1) is 0 Å². The van der Waals surface area contributed by atoms with Crippen LogP contribution in [0.1, 0.15) is 27.2 Å². The van der Waals surface area contributed by atoms with E-state index in [9.17, 15) is 18.3 Å². The van der Waals surface area contributed by atoms with Gasteiger partial charge in [-0.25, -0.2) is 13.2 Å². The van der Waals surface area contributed by atoms with Gasteiger partial charge in [-0.15, -0.1) is 0 Å². The summed E-state index contributed by atoms with van der Waals surface area (Å²) in [6, 6.07) is 5.25. The minimum absolute atomic E-state index is 0.0374. The van der Waals surface area contributed by atoms with Crippen LogP contribution in [-0.4, -0.2) is 48.7 Å². The fraction of sp³-hybridized carbons (Fsp3) is 0.533. The SMILES string of the molecule is CC(C)(C)OC(=O)N[C@@H]1CCN(S(=O)(=O)c2cccc(O)c2)C1. The number of hydrogen-bond donors (Lipinski definition) is 2. The second-order valence-electron chi connectivity index (χ2n) is 6.49. The molecule has 0 aromatic heterocycles. The minimum atomic E-state index is -3.68. The molecule has 1 aromatic rings. The van der Waals surface area contributed by atoms with Crippen LogP contribution in [0.15, 0.2) is 29.2 Å². The molecule has 8 heteroatoms. The molecule has 1 fully saturated rings. The summed E-state index contributed by atoms with van der Waals surface area (Å²) in [5, 5.41) is 12.1. The molecule has 7 nitrogen and oxygen atoms in total. The largest absolute Gasteiger partial charge is 0.508 e. The highest BCUT2D eigenvalue weighted by atomic mass is 32.2. The average Bonchev–Trinajstić information content (AvgIpc) is 2.85. The topological polar surface area (TPSA) is 95.9 Å². The summed E-state index contributed by atoms with van der Waals surface area (Å²) in [6.07, 6.45) is -0.0452. The van der Waals surface area contributed by atoms with Crippen molar-refractivity contribution in [3.05, 3.63) is 24.3 Å². The van der Waals surface area contributed by atoms with Crippen molar-refractivity contribution in [1.29, 1.82) is 0 Å². The lowest BCUT2D eigenvalue weighted by atomic mass is 10.2. The first-order valence-corrected chi connectivity index (χ1v) is 8.81. The molecular formula is C15H22N2O5S. The molecule has 1 amide bonds. The maximum Gasteiger partial charge on any atom is 0.407 e. The summed E-state index contributed by atoms with van der Waals surface area (Å²) in [7, 11) is -3.68. The number of carbonyl (C=O) groups is 1. The smallest absolute Gasteiger partial charge is 0.407 e. The molecule has 0 bridgehead atoms. The zero-order valence-electron chi connectivity index (χ0n) is 13.4. The first-order valence-electron chi connectivity index (χ1n) is 7.37. The van der Waals surface area contributed by atoms with Gasteiger partial charge in [0.15, 0.2) is 0 Å². The number of nitrogens with one attached hydrogen (secondary N) is 1. The average molecular weight is 342 g/mol. The number of aromatic hydroxyl groups is 1. The van der Waals surface area contributed by atoms with Gasteiger partial charge < -0.3 is 15.2 Å². The summed E-state index contributed by atoms with van der Waals surface area (Å²) in [5.74, 6) is -0.103. The zero-order chi connectivity index (χ0) is 17.3. The van der Waals surface area contributed by atoms with Crippen molar-refractivity contribution in [3.8, 4) is 5.75 Å². The van der Waals surface area contributed by atoms with Crippen molar-refractivity contribution >= 4 is 16.1 Å². The highest BCUT2D eigenvalue weighted by molar-refractivity contribution is 7.89. The Morgan fingerprint density at radius 3 is 2.70 bits per heavy atom. The van der Waals surface area contributed by atoms with E-state index in [1.165, 1.54) is 28.6 Å². The lowest BCUT2D eigenvalue weighted by Crippen LogP contribution is -2.41. The Labute approximate surface area is 136 Å². The zero-order valence-corrected chi connectivity index (χ0v) is 14.3. The number of amides is 1. The van der Waals surface area contributed by atoms with Crippen LogP contribution in [0.3, 0.4) is 0 Å². The van der Waals surface area contributed by atoms with Crippen molar-refractivity contribution in [3.63, 3.8) is 0 Å². The number of nitrogens with zero attached hydrogens (tertiary/aromatic N) is 1. The van der Waals surface area contributed by atoms with Gasteiger partial charge in [-0.3, -0.25) is 0 Å². The second-order valence-corrected chi connectivity index (χ2v) is 8.43. The van der Waals surface area contributed by atoms with Gasteiger partial charge in [0.05, 0.1) is 4.90 Å². The molecule has 1 aliphatic rings. The summed E-state index contributed by atoms with van der Waals surface area (Å²) in [4.78, 5) is 11.8. The molecule has 0 radical (unpaired) electrons. The fourth-order valence-corrected chi connectivity index (χ4v) is 3.87. The van der Waals surface area contributed by atoms with E-state index in [0.717, 1.165) is 0 Å². The van der Waals surface area contributed by atoms with E-state index in [1.807, 2.05) is 0 Å². The molecule has 1 aliphatic heterocycles. The predicted octanol–water partition coefficient (Wildman–Crippen LogP) is 1.68. The minimum Gasteiger partial charge on any atom is -0.508 e. The highest BCUT2D eigenvalue weighted by Gasteiger charge is 2.34. The van der Waals surface area contributed by atoms with Crippen molar-refractivity contribution in [2.24, 2.45) is 0 Å². The number of phenols is 1. The number of carbonyl (C=O) groups excluding carboxylic acids is 1. The van der Waals surface area contributed by atoms with E-state index in [2.05, 4.69) is 5.32 Å². The van der Waals surface area contributed by atoms with Gasteiger partial charge in [0.2, 0.25) is 10.0 Å². The molecule has 2 rings (SSSR count). The Morgan fingerprint density at radius 2 is 2.09 bits per heavy atom. The quantitative estimate of drug-likeness (QED) is 0.871. The van der Waals surface area contributed by atoms with E-state index >= 15 is 0 Å². The second kappa shape index (κ2) is 6.37. The van der Waals surface area contributed by atoms with E-state index in [0.29, 0.717) is 13.0 Å². The fourth-order valence-electron chi connectivity index (χ4n) is 2.33. The Morgan fingerprint density at radius 1 is 1.39 bits per heavy atom. The van der Waals surface area contributed by atoms with Crippen LogP contribution < -0.4 is 5.32 Å². The van der Waals surface area contributed by atoms with Crippen molar-refractivity contribution in [2.45, 2.75) is 43.7 Å². The van der Waals surface area contributed by atoms with Crippen LogP contribution in [0.4, 0.5) is 4.79 Å². The van der Waals surface area contributed by atoms with Gasteiger partial charge in [0, 0.05) is 19.1 Å². The van der Waals surface area contributed by atoms with Crippen molar-refractivity contribution in [1.82, 2.24) is 9.62 Å². The maximum absolute atomic E-state index is 12.5. The Hall–Kier alpha value is -1.80. The molecule has 128 valence electrons. The van der Waals surface area contributed by atoms with Crippen molar-refractivity contribution < 1.29 is 23.1 Å². The maximum atomic E-state index is 12.5. The van der Waals surface area contributed by atoms with Crippen molar-refractivity contribution in [2.75, 3.05) is 13.1 Å². The Bertz CT molecular complexity index is 681. The van der Waals surface area contributed by atoms with Crippen LogP contribution >= 0.6 is 0 Å². The van der Waals surface area contributed by atoms with Gasteiger partial charge in [-0.1, -0.05) is 6.07 Å². The molecule has 23 heavy (non-hydrogen) atoms. The first-order chi connectivity index (χ1) is 10.6. The molecular weight excluding hydrogens is 320 g/mol. The van der Waals surface area contributed by atoms with Gasteiger partial charge in [0.1, 0.15) is 11.4 Å². The number of alkyl carbamates (subject to hydrolysis) is 1. The molecule has 0 saturated carbocycles. The van der Waals surface area contributed by atoms with E-state index in [-0.39, 0.29) is 23.2 Å². The van der Waals surface area contributed by atoms with Gasteiger partial charge in [-0.05, 0) is 45.4 Å². The third-order valence-electron chi connectivity index (χ3n) is 3.33. The molecule has 1 heterocycles. The number of rotatable bonds is 3. The van der Waals surface area contributed by atoms with Gasteiger partial charge >= 0.3 is 6.09 Å². The van der Waals surface area contributed by atoms with Crippen LogP contribution in [0.2, 0.25) is 0 Å². The number of sulfonamides is 1. The standard InChI is InChI=1S/C15H22N2O5S/c1-15(2,3)22-14(19)16-11-7-8-17(10-11)23(20,21)13-6-4-5-12(18)9-13/h4-6,9,11,18H,7-8,10H2,1-3H3,(H,16,19)/t11-/m1/s1. The Kier molecular flexibility index (Phi) is 4.86. The molecule has 0 aliphatic carbocycles. The normalized spacial score (nSPS) is 19.5. The lowest BCUT2D eigenvalue weighted by molar-refractivity contribution is 0.0507. The van der Waals surface area contributed by atoms with E-state index < -0.39 is 21.7 Å². The molecule has 2 N–H and O–H groups in total. The Balaban J connectivity index is 2.01. The molecule has 1 atom stereocenters. The molecule has 1 saturated heterocycles. The predicted molar refractivity (Wildman–Crippen MR) is 84.6 cm³/mol. The number of ether oxygens (including phenoxy) is 1. The van der Waals surface area contributed by atoms with Crippen LogP contribution in [0.5, 0.6) is 5.75 Å². The van der Waals surface area contributed by atoms with Gasteiger partial charge in [-0.2, -0.15) is 4.31 Å². The monoisotopic (exact) mass is 342 g/mol. The van der Waals surface area contributed by atoms with Gasteiger partial charge in [0.25, 0.3) is 0 Å². The summed E-state index contributed by atoms with van der Waals surface area (Å²) in [5.41, 5.74) is -0.601. The highest BCUT2D eigenvalue weighted by Crippen LogP contribution is 2.23. The molecule has 0 unspecified atom stereocenters. The summed E-state index contributed by atoms with van der Waals surface area (Å²) >= 11 is 0. The van der Waals surface area contributed by atoms with E-state index in [4.69, 9.17) is 4.74 Å². The number of phenolic OH excluding ortho intramolecular Hbond substituents is 1. The first kappa shape index (κ1) is 17.6. The van der Waals surface area contributed by atoms with Crippen LogP contribution in [0.25, 0.3) is 0 Å². The molecule has 1 aromatic carbocycles. The molecule has 0 spiro atoms. The van der Waals surface area contributed by atoms with E-state index in [1.54, 1.807) is 20.8 Å². The number of hydrogen-bond acceptors (Lipinski definition) is 5. The number of benzene rings is 1. The lowest BCUT2D eigenvalue weighted by Gasteiger charge is -2.22. The third kappa shape index (κ3) is 4.59. The van der Waals surface area contributed by atoms with Crippen LogP contribution in [-0.2, 0) is 14.8 Å². The third-order valence-corrected chi connectivity index (χ3v) is 5.19.